The average molecular weight is 358 g/mol. The van der Waals surface area contributed by atoms with Gasteiger partial charge in [0.05, 0.1) is 12.8 Å². The van der Waals surface area contributed by atoms with Gasteiger partial charge in [-0.1, -0.05) is 32.3 Å². The van der Waals surface area contributed by atoms with Crippen molar-refractivity contribution in [3.05, 3.63) is 29.6 Å². The summed E-state index contributed by atoms with van der Waals surface area (Å²) in [5.41, 5.74) is 1.00. The first-order valence-corrected chi connectivity index (χ1v) is 10.7. The van der Waals surface area contributed by atoms with Crippen molar-refractivity contribution in [1.82, 2.24) is 0 Å². The van der Waals surface area contributed by atoms with Crippen molar-refractivity contribution in [3.8, 4) is 5.75 Å². The summed E-state index contributed by atoms with van der Waals surface area (Å²) < 4.78 is 30.1. The minimum atomic E-state index is -4.11. The average Bonchev–Trinajstić information content (AvgIpc) is 2.54. The van der Waals surface area contributed by atoms with E-state index in [9.17, 15) is 8.96 Å². The molecule has 0 amide bonds. The third-order valence-electron chi connectivity index (χ3n) is 4.88. The molecule has 1 fully saturated rings. The summed E-state index contributed by atoms with van der Waals surface area (Å²) in [4.78, 5) is 17.6. The molecular formula is C18H28FO4P. The van der Waals surface area contributed by atoms with Gasteiger partial charge < -0.3 is 14.5 Å². The summed E-state index contributed by atoms with van der Waals surface area (Å²) in [5, 5.41) is 0. The largest absolute Gasteiger partial charge is 0.490 e. The minimum Gasteiger partial charge on any atom is -0.490 e. The number of halogens is 1. The van der Waals surface area contributed by atoms with Crippen LogP contribution in [0.1, 0.15) is 63.4 Å². The van der Waals surface area contributed by atoms with Gasteiger partial charge in [-0.2, -0.15) is 0 Å². The van der Waals surface area contributed by atoms with Crippen LogP contribution in [0.5, 0.6) is 5.75 Å². The van der Waals surface area contributed by atoms with Crippen LogP contribution in [0.2, 0.25) is 0 Å². The highest BCUT2D eigenvalue weighted by Gasteiger charge is 2.23. The van der Waals surface area contributed by atoms with Crippen LogP contribution in [0.25, 0.3) is 0 Å². The molecular weight excluding hydrogens is 330 g/mol. The molecule has 24 heavy (non-hydrogen) atoms. The monoisotopic (exact) mass is 358 g/mol. The lowest BCUT2D eigenvalue weighted by Crippen LogP contribution is -2.13. The smallest absolute Gasteiger partial charge is 0.328 e. The Morgan fingerprint density at radius 3 is 2.54 bits per heavy atom. The van der Waals surface area contributed by atoms with Gasteiger partial charge in [-0.3, -0.25) is 4.57 Å². The van der Waals surface area contributed by atoms with Crippen molar-refractivity contribution in [2.75, 3.05) is 12.8 Å². The summed E-state index contributed by atoms with van der Waals surface area (Å²) >= 11 is 0. The second-order valence-corrected chi connectivity index (χ2v) is 8.56. The Kier molecular flexibility index (Phi) is 7.27. The van der Waals surface area contributed by atoms with Crippen molar-refractivity contribution in [2.24, 2.45) is 5.92 Å². The highest BCUT2D eigenvalue weighted by molar-refractivity contribution is 7.51. The highest BCUT2D eigenvalue weighted by atomic mass is 31.2. The molecule has 2 rings (SSSR count). The van der Waals surface area contributed by atoms with Crippen molar-refractivity contribution >= 4 is 7.60 Å². The summed E-state index contributed by atoms with van der Waals surface area (Å²) in [5.74, 6) is 0.831. The van der Waals surface area contributed by atoms with Crippen LogP contribution in [0, 0.1) is 11.7 Å². The molecule has 1 saturated carbocycles. The van der Waals surface area contributed by atoms with E-state index in [0.29, 0.717) is 5.92 Å². The molecule has 0 radical (unpaired) electrons. The number of ether oxygens (including phenoxy) is 1. The lowest BCUT2D eigenvalue weighted by atomic mass is 9.77. The molecule has 2 N–H and O–H groups in total. The zero-order valence-corrected chi connectivity index (χ0v) is 15.2. The Morgan fingerprint density at radius 1 is 1.25 bits per heavy atom. The van der Waals surface area contributed by atoms with Gasteiger partial charge in [0.25, 0.3) is 0 Å². The van der Waals surface area contributed by atoms with Gasteiger partial charge in [0.15, 0.2) is 11.6 Å². The molecule has 0 heterocycles. The van der Waals surface area contributed by atoms with E-state index in [1.165, 1.54) is 38.2 Å². The molecule has 4 nitrogen and oxygen atoms in total. The van der Waals surface area contributed by atoms with E-state index in [1.807, 2.05) is 6.07 Å². The fourth-order valence-corrected chi connectivity index (χ4v) is 3.77. The molecule has 1 aromatic carbocycles. The second kappa shape index (κ2) is 8.98. The molecule has 0 bridgehead atoms. The van der Waals surface area contributed by atoms with E-state index in [4.69, 9.17) is 14.5 Å². The fraction of sp³-hybridized carbons (Fsp3) is 0.667. The molecule has 1 aliphatic rings. The number of hydrogen-bond acceptors (Lipinski definition) is 2. The SMILES string of the molecule is CCCCC1CCC(c2ccc(OCCP(=O)(O)O)c(F)c2)CC1. The zero-order valence-electron chi connectivity index (χ0n) is 14.3. The van der Waals surface area contributed by atoms with Crippen LogP contribution in [0.3, 0.4) is 0 Å². The predicted molar refractivity (Wildman–Crippen MR) is 93.0 cm³/mol. The maximum absolute atomic E-state index is 14.1. The van der Waals surface area contributed by atoms with Crippen LogP contribution in [0.15, 0.2) is 18.2 Å². The Labute approximate surface area is 143 Å². The molecule has 0 atom stereocenters. The number of unbranched alkanes of at least 4 members (excludes halogenated alkanes) is 1. The molecule has 0 unspecified atom stereocenters. The number of benzene rings is 1. The molecule has 6 heteroatoms. The highest BCUT2D eigenvalue weighted by Crippen LogP contribution is 2.39. The van der Waals surface area contributed by atoms with Crippen molar-refractivity contribution in [3.63, 3.8) is 0 Å². The Morgan fingerprint density at radius 2 is 1.96 bits per heavy atom. The molecule has 0 spiro atoms. The Balaban J connectivity index is 1.87. The van der Waals surface area contributed by atoms with Crippen LogP contribution in [-0.4, -0.2) is 22.6 Å². The summed E-state index contributed by atoms with van der Waals surface area (Å²) in [6, 6.07) is 4.98. The first-order valence-electron chi connectivity index (χ1n) is 8.86. The van der Waals surface area contributed by atoms with Gasteiger partial charge in [-0.15, -0.1) is 0 Å². The maximum Gasteiger partial charge on any atom is 0.328 e. The standard InChI is InChI=1S/C18H28FO4P/c1-2-3-4-14-5-7-15(8-6-14)16-9-10-18(17(19)13-16)23-11-12-24(20,21)22/h9-10,13-15H,2-8,11-12H2,1H3,(H2,20,21,22). The zero-order chi connectivity index (χ0) is 17.6. The maximum atomic E-state index is 14.1. The molecule has 0 aliphatic heterocycles. The normalized spacial score (nSPS) is 21.7. The van der Waals surface area contributed by atoms with Crippen LogP contribution < -0.4 is 4.74 Å². The second-order valence-electron chi connectivity index (χ2n) is 6.79. The van der Waals surface area contributed by atoms with Gasteiger partial charge in [0.1, 0.15) is 0 Å². The number of rotatable bonds is 8. The van der Waals surface area contributed by atoms with Gasteiger partial charge >= 0.3 is 7.60 Å². The quantitative estimate of drug-likeness (QED) is 0.652. The van der Waals surface area contributed by atoms with Crippen molar-refractivity contribution < 1.29 is 23.5 Å². The lowest BCUT2D eigenvalue weighted by molar-refractivity contribution is 0.298. The van der Waals surface area contributed by atoms with Crippen LogP contribution >= 0.6 is 7.60 Å². The van der Waals surface area contributed by atoms with E-state index >= 15 is 0 Å². The van der Waals surface area contributed by atoms with Crippen molar-refractivity contribution in [1.29, 1.82) is 0 Å². The number of hydrogen-bond donors (Lipinski definition) is 2. The fourth-order valence-electron chi connectivity index (χ4n) is 3.44. The summed E-state index contributed by atoms with van der Waals surface area (Å²) in [6.07, 6.45) is 8.08. The van der Waals surface area contributed by atoms with E-state index in [-0.39, 0.29) is 12.4 Å². The van der Waals surface area contributed by atoms with E-state index in [0.717, 1.165) is 24.3 Å². The van der Waals surface area contributed by atoms with Crippen LogP contribution in [-0.2, 0) is 4.57 Å². The molecule has 0 aromatic heterocycles. The summed E-state index contributed by atoms with van der Waals surface area (Å²) in [6.45, 7) is 2.03. The van der Waals surface area contributed by atoms with Gasteiger partial charge in [-0.25, -0.2) is 4.39 Å². The Bertz CT molecular complexity index is 564. The molecule has 1 aliphatic carbocycles. The van der Waals surface area contributed by atoms with Crippen molar-refractivity contribution in [2.45, 2.75) is 57.8 Å². The van der Waals surface area contributed by atoms with E-state index < -0.39 is 19.6 Å². The molecule has 0 saturated heterocycles. The first-order chi connectivity index (χ1) is 11.4. The summed E-state index contributed by atoms with van der Waals surface area (Å²) in [7, 11) is -4.11. The molecule has 136 valence electrons. The van der Waals surface area contributed by atoms with E-state index in [2.05, 4.69) is 6.92 Å². The van der Waals surface area contributed by atoms with E-state index in [1.54, 1.807) is 6.07 Å². The van der Waals surface area contributed by atoms with Gasteiger partial charge in [0, 0.05) is 0 Å². The third-order valence-corrected chi connectivity index (χ3v) is 5.65. The van der Waals surface area contributed by atoms with Gasteiger partial charge in [-0.05, 0) is 55.2 Å². The first kappa shape index (κ1) is 19.4. The molecule has 1 aromatic rings. The minimum absolute atomic E-state index is 0.0591. The predicted octanol–water partition coefficient (Wildman–Crippen LogP) is 4.85. The third kappa shape index (κ3) is 6.19. The topological polar surface area (TPSA) is 66.8 Å². The van der Waals surface area contributed by atoms with Crippen LogP contribution in [0.4, 0.5) is 4.39 Å². The Hall–Kier alpha value is -0.900. The lowest BCUT2D eigenvalue weighted by Gasteiger charge is -2.29. The van der Waals surface area contributed by atoms with Gasteiger partial charge in [0.2, 0.25) is 0 Å².